The van der Waals surface area contributed by atoms with Gasteiger partial charge in [-0.2, -0.15) is 10.4 Å². The number of morpholine rings is 1. The summed E-state index contributed by atoms with van der Waals surface area (Å²) in [4.78, 5) is 41.3. The summed E-state index contributed by atoms with van der Waals surface area (Å²) in [5.74, 6) is 5.87. The third kappa shape index (κ3) is 50.3. The Morgan fingerprint density at radius 1 is 0.450 bits per heavy atom. The van der Waals surface area contributed by atoms with Gasteiger partial charge in [-0.15, -0.1) is 16.4 Å². The van der Waals surface area contributed by atoms with Crippen molar-refractivity contribution in [2.45, 2.75) is 335 Å². The standard InChI is InChI=1S/C10H13N3.C9H14N2S.C9H10N2.C9H13N.2C8H12N2O.C8H11N.C8H17N.C8H16O2.C7H12N2.C7H15NO.C7H14O2.C6H12/c1-7(2)8-4-5-9-10(6-8)13(3)12-11-9;1-7(2)11-4-3-8-9(5-11)12-6-10-8;1-7(2)8-3-4-9(5-10)11-6-8;1-7(2)9-4-5-10-8(3)6-9;2*1-6(2)7-4-9-8(11-3)10-5-7;1-7(2)8-3-5-9-6-4-8;1-8(2)9-6-4-3-5-7-9;1-7(2)10-8-3-5-9-6-4-8;1-6(2)7-4-8-9(3)5-7;1-7(2)8-3-5-9-6-4-8;1-6(2)9-7-3-4-8-5-7;1-5(2)6-3-4-6/h4-7H,1-3H3;6-7H,3-5H2,1-2H3;3-4,6-7H,1-2H3;4-7H,1-3H3;2*4-6H,1-3H3;3-7H,1-2H3;8H,3-7H2,1-2H3;7-8H,3-6H2,1-2H3;4-6H,1-3H3;7H,3-6H2,1-2H3;6-7H,3-5H2,1-2H3;5-6H,3-4H2,1-2H3. The van der Waals surface area contributed by atoms with Crippen molar-refractivity contribution in [3.63, 3.8) is 0 Å². The van der Waals surface area contributed by atoms with Gasteiger partial charge in [0.05, 0.1) is 81.4 Å². The summed E-state index contributed by atoms with van der Waals surface area (Å²) in [6.07, 6.45) is 31.5. The summed E-state index contributed by atoms with van der Waals surface area (Å²) in [7, 11) is 6.97. The molecule has 1 saturated carbocycles. The van der Waals surface area contributed by atoms with Crippen LogP contribution in [-0.4, -0.2) is 208 Å². The van der Waals surface area contributed by atoms with Crippen molar-refractivity contribution in [3.8, 4) is 18.1 Å². The maximum absolute atomic E-state index is 8.45. The number of hydrogen-bond donors (Lipinski definition) is 0. The second-order valence-corrected chi connectivity index (χ2v) is 38.3. The van der Waals surface area contributed by atoms with Crippen LogP contribution in [0, 0.1) is 30.1 Å². The van der Waals surface area contributed by atoms with E-state index in [-0.39, 0.29) is 0 Å². The van der Waals surface area contributed by atoms with E-state index in [1.807, 2.05) is 92.5 Å². The molecule has 4 saturated heterocycles. The Kier molecular flexibility index (Phi) is 58.3. The number of benzene rings is 1. The molecular weight excluding hydrogens is 1630 g/mol. The average molecular weight is 1800 g/mol. The van der Waals surface area contributed by atoms with Crippen molar-refractivity contribution in [2.24, 2.45) is 25.9 Å². The van der Waals surface area contributed by atoms with Crippen LogP contribution in [-0.2, 0) is 50.7 Å². The number of aromatic nitrogens is 13. The zero-order valence-corrected chi connectivity index (χ0v) is 86.3. The number of fused-ring (bicyclic) bond motifs is 2. The fourth-order valence-electron chi connectivity index (χ4n) is 13.2. The van der Waals surface area contributed by atoms with Crippen LogP contribution in [0.25, 0.3) is 11.0 Å². The van der Waals surface area contributed by atoms with E-state index < -0.39 is 0 Å². The molecule has 1 aliphatic carbocycles. The molecular formula is C104H171N17O7S. The molecule has 13 heterocycles. The first kappa shape index (κ1) is 115. The summed E-state index contributed by atoms with van der Waals surface area (Å²) in [5, 5.41) is 20.5. The van der Waals surface area contributed by atoms with E-state index in [1.165, 1.54) is 90.1 Å². The molecule has 1 unspecified atom stereocenters. The molecule has 0 radical (unpaired) electrons. The molecule has 720 valence electrons. The van der Waals surface area contributed by atoms with Gasteiger partial charge >= 0.3 is 12.0 Å². The van der Waals surface area contributed by atoms with E-state index in [4.69, 9.17) is 38.4 Å². The number of nitrogens with zero attached hydrogens (tertiary/aromatic N) is 17. The normalized spacial score (nSPS) is 15.5. The molecule has 129 heavy (non-hydrogen) atoms. The van der Waals surface area contributed by atoms with Crippen LogP contribution in [0.1, 0.15) is 334 Å². The number of rotatable bonds is 17. The van der Waals surface area contributed by atoms with Gasteiger partial charge in [0.2, 0.25) is 0 Å². The number of aryl methyl sites for hydroxylation is 3. The Hall–Kier alpha value is -8.16. The number of pyridine rings is 3. The highest BCUT2D eigenvalue weighted by atomic mass is 32.1. The molecule has 6 aliphatic rings. The lowest BCUT2D eigenvalue weighted by Crippen LogP contribution is -2.40. The highest BCUT2D eigenvalue weighted by Crippen LogP contribution is 2.36. The number of thiazole rings is 1. The van der Waals surface area contributed by atoms with Gasteiger partial charge in [-0.05, 0) is 269 Å². The zero-order chi connectivity index (χ0) is 95.9. The molecule has 0 N–H and O–H groups in total. The fourth-order valence-corrected chi connectivity index (χ4v) is 14.0. The molecule has 15 rings (SSSR count). The second-order valence-electron chi connectivity index (χ2n) is 37.3. The molecule has 8 aromatic heterocycles. The Bertz CT molecular complexity index is 4210. The Labute approximate surface area is 784 Å². The minimum absolute atomic E-state index is 0.344. The third-order valence-electron chi connectivity index (χ3n) is 22.1. The lowest BCUT2D eigenvalue weighted by Gasteiger charge is -2.29. The largest absolute Gasteiger partial charge is 0.467 e. The Balaban J connectivity index is 0.000000361. The molecule has 0 spiro atoms. The molecule has 5 fully saturated rings. The smallest absolute Gasteiger partial charge is 0.316 e. The van der Waals surface area contributed by atoms with E-state index >= 15 is 0 Å². The maximum Gasteiger partial charge on any atom is 0.316 e. The number of piperidine rings is 1. The first-order valence-electron chi connectivity index (χ1n) is 47.7. The van der Waals surface area contributed by atoms with Gasteiger partial charge in [0, 0.05) is 151 Å². The number of nitriles is 1. The van der Waals surface area contributed by atoms with Crippen molar-refractivity contribution in [3.05, 3.63) is 183 Å². The molecule has 9 aromatic rings. The number of hydrogen-bond acceptors (Lipinski definition) is 23. The SMILES string of the molecule is CC(C)C1CC1.CC(C)N1CCCCC1.CC(C)N1CCOCC1.CC(C)N1CCc2ncsc2C1.CC(C)OC1CCOC1.CC(C)OC1CCOCC1.CC(C)c1ccc(C#N)nc1.CC(C)c1ccc2nnn(C)c2c1.CC(C)c1ccncc1.CC(C)c1cnn(C)c1.COc1ncc(C(C)C)cn1.COc1ncc(C(C)C)cn1.Cc1cc(C(C)C)ccn1. The van der Waals surface area contributed by atoms with Crippen molar-refractivity contribution in [1.82, 2.24) is 79.3 Å². The van der Waals surface area contributed by atoms with Gasteiger partial charge < -0.3 is 38.1 Å². The molecule has 25 heteroatoms. The fraction of sp³-hybridized carbons (Fsp3) is 0.654. The van der Waals surface area contributed by atoms with Gasteiger partial charge in [0.15, 0.2) is 0 Å². The van der Waals surface area contributed by atoms with Crippen LogP contribution in [0.5, 0.6) is 12.0 Å². The second kappa shape index (κ2) is 65.4. The summed E-state index contributed by atoms with van der Waals surface area (Å²) < 4.78 is 39.9. The topological polar surface area (TPSA) is 250 Å². The summed E-state index contributed by atoms with van der Waals surface area (Å²) in [6, 6.07) is 23.2. The lowest BCUT2D eigenvalue weighted by atomic mass is 10.0. The van der Waals surface area contributed by atoms with E-state index in [2.05, 4.69) is 274 Å². The van der Waals surface area contributed by atoms with Crippen LogP contribution >= 0.6 is 11.3 Å². The van der Waals surface area contributed by atoms with E-state index in [0.29, 0.717) is 95.6 Å². The van der Waals surface area contributed by atoms with Crippen LogP contribution in [0.3, 0.4) is 0 Å². The predicted octanol–water partition coefficient (Wildman–Crippen LogP) is 23.0. The summed E-state index contributed by atoms with van der Waals surface area (Å²) in [6.45, 7) is 70.9. The maximum atomic E-state index is 8.45. The van der Waals surface area contributed by atoms with Gasteiger partial charge in [-0.3, -0.25) is 24.4 Å². The van der Waals surface area contributed by atoms with E-state index in [9.17, 15) is 0 Å². The highest BCUT2D eigenvalue weighted by Gasteiger charge is 2.25. The Morgan fingerprint density at radius 3 is 1.31 bits per heavy atom. The predicted molar refractivity (Wildman–Crippen MR) is 532 cm³/mol. The van der Waals surface area contributed by atoms with Crippen LogP contribution in [0.2, 0.25) is 0 Å². The summed E-state index contributed by atoms with van der Waals surface area (Å²) in [5.41, 5.74) is 15.7. The van der Waals surface area contributed by atoms with Crippen molar-refractivity contribution in [1.29, 1.82) is 5.26 Å². The van der Waals surface area contributed by atoms with Gasteiger partial charge in [0.25, 0.3) is 0 Å². The highest BCUT2D eigenvalue weighted by molar-refractivity contribution is 7.09. The monoisotopic (exact) mass is 1800 g/mol. The van der Waals surface area contributed by atoms with Crippen LogP contribution in [0.4, 0.5) is 0 Å². The first-order chi connectivity index (χ1) is 61.4. The van der Waals surface area contributed by atoms with Gasteiger partial charge in [-0.1, -0.05) is 135 Å². The van der Waals surface area contributed by atoms with E-state index in [0.717, 1.165) is 131 Å². The van der Waals surface area contributed by atoms with Crippen molar-refractivity contribution >= 4 is 22.4 Å². The number of methoxy groups -OCH3 is 2. The Morgan fingerprint density at radius 2 is 0.922 bits per heavy atom. The van der Waals surface area contributed by atoms with Crippen LogP contribution < -0.4 is 9.47 Å². The number of likely N-dealkylation sites (tertiary alicyclic amines) is 1. The first-order valence-corrected chi connectivity index (χ1v) is 48.6. The van der Waals surface area contributed by atoms with Crippen molar-refractivity contribution in [2.75, 3.05) is 86.6 Å². The third-order valence-corrected chi connectivity index (χ3v) is 23.0. The minimum atomic E-state index is 0.344. The molecule has 1 aromatic carbocycles. The molecule has 0 bridgehead atoms. The lowest BCUT2D eigenvalue weighted by molar-refractivity contribution is -0.0563. The van der Waals surface area contributed by atoms with Gasteiger partial charge in [-0.25, -0.2) is 34.6 Å². The molecule has 1 atom stereocenters. The quantitative estimate of drug-likeness (QED) is 0.0821. The molecule has 5 aliphatic heterocycles. The summed E-state index contributed by atoms with van der Waals surface area (Å²) >= 11 is 1.79. The average Bonchev–Trinajstić information content (AvgIpc) is 1.67. The minimum Gasteiger partial charge on any atom is -0.467 e. The number of ether oxygens (including phenoxy) is 7. The van der Waals surface area contributed by atoms with Crippen LogP contribution in [0.15, 0.2) is 122 Å². The zero-order valence-electron chi connectivity index (χ0n) is 85.5. The van der Waals surface area contributed by atoms with E-state index in [1.54, 1.807) is 67.3 Å². The van der Waals surface area contributed by atoms with Gasteiger partial charge in [0.1, 0.15) is 17.3 Å². The molecule has 24 nitrogen and oxygen atoms in total. The molecule has 0 amide bonds. The van der Waals surface area contributed by atoms with Crippen molar-refractivity contribution < 1.29 is 33.2 Å².